The molecule has 0 spiro atoms. The van der Waals surface area contributed by atoms with Crippen molar-refractivity contribution in [3.63, 3.8) is 0 Å². The van der Waals surface area contributed by atoms with Crippen LogP contribution in [0.15, 0.2) is 0 Å². The Bertz CT molecular complexity index is 223. The lowest BCUT2D eigenvalue weighted by molar-refractivity contribution is -0.192. The highest BCUT2D eigenvalue weighted by Gasteiger charge is 2.38. The first-order chi connectivity index (χ1) is 7.39. The number of hydrogen-bond donors (Lipinski definition) is 1. The van der Waals surface area contributed by atoms with Gasteiger partial charge < -0.3 is 5.11 Å². The van der Waals surface area contributed by atoms with E-state index in [1.807, 2.05) is 0 Å². The van der Waals surface area contributed by atoms with E-state index >= 15 is 0 Å². The van der Waals surface area contributed by atoms with Gasteiger partial charge in [-0.2, -0.15) is 13.2 Å². The molecule has 0 aromatic heterocycles. The van der Waals surface area contributed by atoms with E-state index < -0.39 is 12.1 Å². The third-order valence-corrected chi connectivity index (χ3v) is 3.09. The quantitative estimate of drug-likeness (QED) is 0.654. The van der Waals surface area contributed by atoms with Gasteiger partial charge in [0.2, 0.25) is 0 Å². The Labute approximate surface area is 93.5 Å². The van der Waals surface area contributed by atoms with E-state index in [-0.39, 0.29) is 0 Å². The standard InChI is InChI=1S/C8H14B.C2HF3O2/c1-3-7-5-2-6-8(4-1)9-7;3-2(4,5)1(6)7/h7-8H,1-6H2;(H,6,7). The number of carboxylic acids is 1. The summed E-state index contributed by atoms with van der Waals surface area (Å²) in [6.07, 6.45) is 3.91. The Morgan fingerprint density at radius 2 is 1.38 bits per heavy atom. The number of hydrogen-bond acceptors (Lipinski definition) is 1. The predicted octanol–water partition coefficient (Wildman–Crippen LogP) is 3.27. The molecule has 2 rings (SSSR count). The van der Waals surface area contributed by atoms with Gasteiger partial charge in [0.1, 0.15) is 7.28 Å². The third-order valence-electron chi connectivity index (χ3n) is 3.09. The van der Waals surface area contributed by atoms with Gasteiger partial charge in [-0.05, 0) is 0 Å². The van der Waals surface area contributed by atoms with Gasteiger partial charge in [-0.1, -0.05) is 50.2 Å². The zero-order chi connectivity index (χ0) is 12.2. The largest absolute Gasteiger partial charge is 0.490 e. The lowest BCUT2D eigenvalue weighted by Crippen LogP contribution is -2.21. The van der Waals surface area contributed by atoms with Crippen molar-refractivity contribution in [2.75, 3.05) is 0 Å². The highest BCUT2D eigenvalue weighted by molar-refractivity contribution is 6.40. The van der Waals surface area contributed by atoms with E-state index in [4.69, 9.17) is 9.90 Å². The van der Waals surface area contributed by atoms with Gasteiger partial charge in [0.15, 0.2) is 0 Å². The van der Waals surface area contributed by atoms with Crippen molar-refractivity contribution in [3.05, 3.63) is 0 Å². The minimum atomic E-state index is -5.08. The van der Waals surface area contributed by atoms with Gasteiger partial charge in [0.25, 0.3) is 0 Å². The maximum atomic E-state index is 10.6. The van der Waals surface area contributed by atoms with Crippen molar-refractivity contribution in [1.29, 1.82) is 0 Å². The molecule has 0 atom stereocenters. The number of halogens is 3. The van der Waals surface area contributed by atoms with Crippen molar-refractivity contribution in [2.24, 2.45) is 0 Å². The zero-order valence-electron chi connectivity index (χ0n) is 8.96. The Morgan fingerprint density at radius 3 is 1.56 bits per heavy atom. The fourth-order valence-corrected chi connectivity index (χ4v) is 2.34. The normalized spacial score (nSPS) is 28.4. The van der Waals surface area contributed by atoms with Crippen LogP contribution in [0.1, 0.15) is 38.5 Å². The molecule has 6 heteroatoms. The average Bonchev–Trinajstić information content (AvgIpc) is 2.17. The Morgan fingerprint density at radius 1 is 1.06 bits per heavy atom. The minimum absolute atomic E-state index is 1.03. The summed E-state index contributed by atoms with van der Waals surface area (Å²) >= 11 is 0. The van der Waals surface area contributed by atoms with Gasteiger partial charge in [0.05, 0.1) is 0 Å². The number of carboxylic acid groups (broad SMARTS) is 1. The number of alkyl halides is 3. The van der Waals surface area contributed by atoms with Crippen LogP contribution < -0.4 is 0 Å². The monoisotopic (exact) mass is 235 g/mol. The number of carbonyl (C=O) groups is 1. The summed E-state index contributed by atoms with van der Waals surface area (Å²) in [5.74, 6) is -0.706. The Hall–Kier alpha value is -0.675. The first kappa shape index (κ1) is 13.4. The maximum absolute atomic E-state index is 10.6. The zero-order valence-corrected chi connectivity index (χ0v) is 8.96. The molecule has 91 valence electrons. The van der Waals surface area contributed by atoms with Gasteiger partial charge in [-0.25, -0.2) is 4.79 Å². The fraction of sp³-hybridized carbons (Fsp3) is 0.900. The molecule has 0 unspecified atom stereocenters. The van der Waals surface area contributed by atoms with E-state index in [0.29, 0.717) is 0 Å². The Balaban J connectivity index is 0.000000168. The highest BCUT2D eigenvalue weighted by atomic mass is 19.4. The molecule has 2 aliphatic rings. The topological polar surface area (TPSA) is 37.3 Å². The number of fused-ring (bicyclic) bond motifs is 2. The molecule has 1 radical (unpaired) electrons. The molecule has 0 amide bonds. The first-order valence-corrected chi connectivity index (χ1v) is 5.54. The highest BCUT2D eigenvalue weighted by Crippen LogP contribution is 2.40. The average molecular weight is 235 g/mol. The fourth-order valence-electron chi connectivity index (χ4n) is 2.34. The third kappa shape index (κ3) is 4.45. The molecule has 0 aliphatic carbocycles. The molecule has 2 bridgehead atoms. The summed E-state index contributed by atoms with van der Waals surface area (Å²) < 4.78 is 31.7. The SMILES string of the molecule is O=C(O)C(F)(F)F.[B]1C2CCCC1CCC2. The summed E-state index contributed by atoms with van der Waals surface area (Å²) in [6, 6.07) is 0. The number of rotatable bonds is 0. The molecule has 2 saturated heterocycles. The van der Waals surface area contributed by atoms with Crippen LogP contribution in [-0.2, 0) is 4.79 Å². The molecule has 2 nitrogen and oxygen atoms in total. The maximum Gasteiger partial charge on any atom is 0.490 e. The summed E-state index contributed by atoms with van der Waals surface area (Å²) in [5.41, 5.74) is 0. The van der Waals surface area contributed by atoms with Crippen LogP contribution in [-0.4, -0.2) is 24.5 Å². The smallest absolute Gasteiger partial charge is 0.475 e. The van der Waals surface area contributed by atoms with Crippen LogP contribution in [0.2, 0.25) is 11.6 Å². The molecular formula is C10H15BF3O2. The van der Waals surface area contributed by atoms with Gasteiger partial charge in [0, 0.05) is 0 Å². The van der Waals surface area contributed by atoms with Crippen molar-refractivity contribution >= 4 is 13.2 Å². The van der Waals surface area contributed by atoms with Gasteiger partial charge in [-0.3, -0.25) is 0 Å². The summed E-state index contributed by atoms with van der Waals surface area (Å²) in [6.45, 7) is 0. The lowest BCUT2D eigenvalue weighted by Gasteiger charge is -2.33. The van der Waals surface area contributed by atoms with E-state index in [2.05, 4.69) is 7.28 Å². The molecule has 1 N–H and O–H groups in total. The molecule has 2 aliphatic heterocycles. The van der Waals surface area contributed by atoms with Crippen LogP contribution in [0.3, 0.4) is 0 Å². The van der Waals surface area contributed by atoms with Crippen LogP contribution >= 0.6 is 0 Å². The molecule has 0 saturated carbocycles. The van der Waals surface area contributed by atoms with E-state index in [0.717, 1.165) is 11.6 Å². The van der Waals surface area contributed by atoms with E-state index in [9.17, 15) is 13.2 Å². The van der Waals surface area contributed by atoms with Crippen molar-refractivity contribution in [2.45, 2.75) is 56.3 Å². The molecule has 0 aromatic rings. The van der Waals surface area contributed by atoms with Crippen LogP contribution in [0, 0.1) is 0 Å². The van der Waals surface area contributed by atoms with Crippen molar-refractivity contribution in [1.82, 2.24) is 0 Å². The van der Waals surface area contributed by atoms with Gasteiger partial charge >= 0.3 is 12.1 Å². The van der Waals surface area contributed by atoms with Crippen LogP contribution in [0.25, 0.3) is 0 Å². The van der Waals surface area contributed by atoms with E-state index in [1.165, 1.54) is 38.5 Å². The number of aliphatic carboxylic acids is 1. The first-order valence-electron chi connectivity index (χ1n) is 5.54. The van der Waals surface area contributed by atoms with Crippen LogP contribution in [0.5, 0.6) is 0 Å². The Kier molecular flexibility index (Phi) is 4.68. The summed E-state index contributed by atoms with van der Waals surface area (Å²) in [4.78, 5) is 8.90. The molecule has 2 heterocycles. The second kappa shape index (κ2) is 5.59. The second-order valence-corrected chi connectivity index (χ2v) is 4.38. The van der Waals surface area contributed by atoms with Crippen molar-refractivity contribution in [3.8, 4) is 0 Å². The molecule has 0 aromatic carbocycles. The lowest BCUT2D eigenvalue weighted by atomic mass is 9.44. The summed E-state index contributed by atoms with van der Waals surface area (Å²) in [7, 11) is 2.62. The predicted molar refractivity (Wildman–Crippen MR) is 54.6 cm³/mol. The molecule has 16 heavy (non-hydrogen) atoms. The second-order valence-electron chi connectivity index (χ2n) is 4.38. The van der Waals surface area contributed by atoms with Crippen molar-refractivity contribution < 1.29 is 23.1 Å². The molecule has 2 fully saturated rings. The minimum Gasteiger partial charge on any atom is -0.475 e. The van der Waals surface area contributed by atoms with Gasteiger partial charge in [-0.15, -0.1) is 0 Å². The van der Waals surface area contributed by atoms with Crippen LogP contribution in [0.4, 0.5) is 13.2 Å². The summed E-state index contributed by atoms with van der Waals surface area (Å²) in [5, 5.41) is 7.12. The molecular weight excluding hydrogens is 220 g/mol. The van der Waals surface area contributed by atoms with E-state index in [1.54, 1.807) is 0 Å².